The van der Waals surface area contributed by atoms with Crippen LogP contribution in [0.25, 0.3) is 5.65 Å². The van der Waals surface area contributed by atoms with Crippen LogP contribution in [0.5, 0.6) is 0 Å². The summed E-state index contributed by atoms with van der Waals surface area (Å²) in [7, 11) is -3.20. The minimum absolute atomic E-state index is 0.0261. The van der Waals surface area contributed by atoms with Gasteiger partial charge in [0.2, 0.25) is 5.82 Å². The molecule has 0 radical (unpaired) electrons. The highest BCUT2D eigenvalue weighted by molar-refractivity contribution is 7.92. The Kier molecular flexibility index (Phi) is 4.18. The maximum atomic E-state index is 13.0. The van der Waals surface area contributed by atoms with Crippen LogP contribution < -0.4 is 4.90 Å². The van der Waals surface area contributed by atoms with Crippen LogP contribution in [-0.4, -0.2) is 51.8 Å². The smallest absolute Gasteiger partial charge is 0.299 e. The molecule has 1 saturated heterocycles. The molecule has 132 valence electrons. The Labute approximate surface area is 138 Å². The molecule has 0 amide bonds. The number of fused-ring (bicyclic) bond motifs is 1. The summed E-state index contributed by atoms with van der Waals surface area (Å²) in [5, 5.41) is 11.3. The largest absolute Gasteiger partial charge is 0.353 e. The molecule has 0 aromatic carbocycles. The van der Waals surface area contributed by atoms with Gasteiger partial charge in [-0.1, -0.05) is 13.8 Å². The van der Waals surface area contributed by atoms with Gasteiger partial charge in [-0.15, -0.1) is 15.3 Å². The number of anilines is 1. The average Bonchev–Trinajstić information content (AvgIpc) is 2.98. The van der Waals surface area contributed by atoms with Gasteiger partial charge in [0, 0.05) is 13.1 Å². The second kappa shape index (κ2) is 5.91. The molecular weight excluding hydrogens is 340 g/mol. The first-order valence-corrected chi connectivity index (χ1v) is 9.46. The lowest BCUT2D eigenvalue weighted by molar-refractivity contribution is 0.137. The van der Waals surface area contributed by atoms with Crippen molar-refractivity contribution in [2.75, 3.05) is 23.7 Å². The van der Waals surface area contributed by atoms with Gasteiger partial charge >= 0.3 is 0 Å². The van der Waals surface area contributed by atoms with E-state index in [9.17, 15) is 17.2 Å². The van der Waals surface area contributed by atoms with E-state index in [4.69, 9.17) is 0 Å². The number of rotatable bonds is 4. The van der Waals surface area contributed by atoms with Crippen molar-refractivity contribution < 1.29 is 17.2 Å². The Balaban J connectivity index is 2.00. The molecular formula is C14H19F2N5O2S. The molecule has 2 aromatic heterocycles. The van der Waals surface area contributed by atoms with E-state index in [0.29, 0.717) is 25.2 Å². The molecule has 0 unspecified atom stereocenters. The van der Waals surface area contributed by atoms with Gasteiger partial charge in [0.1, 0.15) is 5.82 Å². The molecule has 1 aliphatic heterocycles. The molecule has 24 heavy (non-hydrogen) atoms. The second-order valence-electron chi connectivity index (χ2n) is 5.95. The predicted molar refractivity (Wildman–Crippen MR) is 85.1 cm³/mol. The van der Waals surface area contributed by atoms with Crippen LogP contribution in [0.3, 0.4) is 0 Å². The van der Waals surface area contributed by atoms with Crippen LogP contribution in [0, 0.1) is 0 Å². The topological polar surface area (TPSA) is 80.5 Å². The first kappa shape index (κ1) is 17.0. The summed E-state index contributed by atoms with van der Waals surface area (Å²) in [5.41, 5.74) is 0.232. The minimum atomic E-state index is -3.20. The van der Waals surface area contributed by atoms with Crippen molar-refractivity contribution in [3.8, 4) is 0 Å². The molecule has 2 aromatic rings. The maximum absolute atomic E-state index is 13.0. The van der Waals surface area contributed by atoms with Crippen molar-refractivity contribution in [2.24, 2.45) is 0 Å². The predicted octanol–water partition coefficient (Wildman–Crippen LogP) is 1.86. The van der Waals surface area contributed by atoms with E-state index in [1.807, 2.05) is 18.7 Å². The van der Waals surface area contributed by atoms with E-state index in [2.05, 4.69) is 15.3 Å². The summed E-state index contributed by atoms with van der Waals surface area (Å²) in [6.07, 6.45) is -1.78. The van der Waals surface area contributed by atoms with Crippen molar-refractivity contribution in [3.63, 3.8) is 0 Å². The van der Waals surface area contributed by atoms with Crippen LogP contribution in [0.4, 0.5) is 14.6 Å². The zero-order chi connectivity index (χ0) is 17.5. The monoisotopic (exact) mass is 359 g/mol. The lowest BCUT2D eigenvalue weighted by Gasteiger charge is -2.41. The fraction of sp³-hybridized carbons (Fsp3) is 0.643. The van der Waals surface area contributed by atoms with Crippen molar-refractivity contribution >= 4 is 21.3 Å². The van der Waals surface area contributed by atoms with Crippen LogP contribution >= 0.6 is 0 Å². The molecule has 3 heterocycles. The zero-order valence-corrected chi connectivity index (χ0v) is 14.3. The van der Waals surface area contributed by atoms with Crippen molar-refractivity contribution in [3.05, 3.63) is 18.0 Å². The molecule has 3 rings (SSSR count). The summed E-state index contributed by atoms with van der Waals surface area (Å²) < 4.78 is 51.1. The Morgan fingerprint density at radius 3 is 2.58 bits per heavy atom. The van der Waals surface area contributed by atoms with E-state index in [1.165, 1.54) is 0 Å². The third-order valence-electron chi connectivity index (χ3n) is 4.85. The van der Waals surface area contributed by atoms with Crippen LogP contribution in [-0.2, 0) is 9.84 Å². The normalized spacial score (nSPS) is 20.0. The van der Waals surface area contributed by atoms with Crippen molar-refractivity contribution in [2.45, 2.75) is 37.9 Å². The SMILES string of the molecule is CCC1(CC)CN(c2ccc3nnc(C(F)F)n3n2)CCS1(=O)=O. The van der Waals surface area contributed by atoms with Crippen molar-refractivity contribution in [1.82, 2.24) is 19.8 Å². The van der Waals surface area contributed by atoms with E-state index in [1.54, 1.807) is 12.1 Å². The Morgan fingerprint density at radius 2 is 1.96 bits per heavy atom. The van der Waals surface area contributed by atoms with Crippen LogP contribution in [0.2, 0.25) is 0 Å². The minimum Gasteiger partial charge on any atom is -0.353 e. The molecule has 0 saturated carbocycles. The van der Waals surface area contributed by atoms with Gasteiger partial charge in [-0.3, -0.25) is 0 Å². The third-order valence-corrected chi connectivity index (χ3v) is 7.60. The average molecular weight is 359 g/mol. The fourth-order valence-electron chi connectivity index (χ4n) is 3.18. The molecule has 0 atom stereocenters. The number of hydrogen-bond donors (Lipinski definition) is 0. The highest BCUT2D eigenvalue weighted by atomic mass is 32.2. The van der Waals surface area contributed by atoms with Gasteiger partial charge in [-0.2, -0.15) is 4.52 Å². The number of alkyl halides is 2. The molecule has 0 aliphatic carbocycles. The van der Waals surface area contributed by atoms with Crippen LogP contribution in [0.15, 0.2) is 12.1 Å². The van der Waals surface area contributed by atoms with E-state index >= 15 is 0 Å². The molecule has 0 spiro atoms. The van der Waals surface area contributed by atoms with E-state index in [0.717, 1.165) is 4.52 Å². The van der Waals surface area contributed by atoms with Gasteiger partial charge in [0.05, 0.1) is 10.5 Å². The summed E-state index contributed by atoms with van der Waals surface area (Å²) in [4.78, 5) is 1.84. The van der Waals surface area contributed by atoms with Crippen molar-refractivity contribution in [1.29, 1.82) is 0 Å². The molecule has 10 heteroatoms. The van der Waals surface area contributed by atoms with Gasteiger partial charge in [-0.25, -0.2) is 17.2 Å². The Morgan fingerprint density at radius 1 is 1.25 bits per heavy atom. The standard InChI is InChI=1S/C14H19F2N5O2S/c1-3-14(4-2)9-20(7-8-24(14,22)23)11-6-5-10-17-18-13(12(15)16)21(10)19-11/h5-6,12H,3-4,7-9H2,1-2H3. The number of halogens is 2. The number of nitrogens with zero attached hydrogens (tertiary/aromatic N) is 5. The molecule has 1 aliphatic rings. The van der Waals surface area contributed by atoms with Crippen LogP contribution in [0.1, 0.15) is 38.9 Å². The van der Waals surface area contributed by atoms with Gasteiger partial charge in [-0.05, 0) is 25.0 Å². The summed E-state index contributed by atoms with van der Waals surface area (Å²) in [6.45, 7) is 4.30. The summed E-state index contributed by atoms with van der Waals surface area (Å²) >= 11 is 0. The van der Waals surface area contributed by atoms with Gasteiger partial charge in [0.25, 0.3) is 6.43 Å². The zero-order valence-electron chi connectivity index (χ0n) is 13.5. The molecule has 0 bridgehead atoms. The summed E-state index contributed by atoms with van der Waals surface area (Å²) in [5.74, 6) is -0.0442. The first-order chi connectivity index (χ1) is 11.3. The molecule has 7 nitrogen and oxygen atoms in total. The third kappa shape index (κ3) is 2.52. The highest BCUT2D eigenvalue weighted by Crippen LogP contribution is 2.33. The molecule has 0 N–H and O–H groups in total. The maximum Gasteiger partial charge on any atom is 0.299 e. The van der Waals surface area contributed by atoms with Gasteiger partial charge < -0.3 is 4.90 Å². The summed E-state index contributed by atoms with van der Waals surface area (Å²) in [6, 6.07) is 3.22. The number of aromatic nitrogens is 4. The quantitative estimate of drug-likeness (QED) is 0.829. The number of hydrogen-bond acceptors (Lipinski definition) is 6. The first-order valence-electron chi connectivity index (χ1n) is 7.81. The Bertz CT molecular complexity index is 848. The fourth-order valence-corrected chi connectivity index (χ4v) is 5.31. The number of sulfone groups is 1. The highest BCUT2D eigenvalue weighted by Gasteiger charge is 2.45. The molecule has 1 fully saturated rings. The van der Waals surface area contributed by atoms with Gasteiger partial charge in [0.15, 0.2) is 15.5 Å². The Hall–Kier alpha value is -1.84. The van der Waals surface area contributed by atoms with E-state index < -0.39 is 26.8 Å². The lowest BCUT2D eigenvalue weighted by atomic mass is 10.0. The van der Waals surface area contributed by atoms with E-state index in [-0.39, 0.29) is 17.9 Å². The second-order valence-corrected chi connectivity index (χ2v) is 8.45. The lowest BCUT2D eigenvalue weighted by Crippen LogP contribution is -2.56.